The molecule has 5 heterocycles. The second kappa shape index (κ2) is 14.5. The van der Waals surface area contributed by atoms with E-state index in [1.807, 2.05) is 0 Å². The number of fused-ring (bicyclic) bond motifs is 15. The van der Waals surface area contributed by atoms with Gasteiger partial charge in [-0.3, -0.25) is 0 Å². The lowest BCUT2D eigenvalue weighted by molar-refractivity contribution is 0.666. The van der Waals surface area contributed by atoms with Crippen LogP contribution >= 0.6 is 0 Å². The van der Waals surface area contributed by atoms with Crippen molar-refractivity contribution in [3.05, 3.63) is 243 Å². The third-order valence-electron chi connectivity index (χ3n) is 15.2. The van der Waals surface area contributed by atoms with Crippen molar-refractivity contribution in [3.63, 3.8) is 0 Å². The Bertz CT molecular complexity index is 4830. The maximum absolute atomic E-state index is 7.15. The largest absolute Gasteiger partial charge is 0.454 e. The number of hydrogen-bond acceptors (Lipinski definition) is 1. The van der Waals surface area contributed by atoms with Gasteiger partial charge in [0.2, 0.25) is 0 Å². The van der Waals surface area contributed by atoms with Gasteiger partial charge in [0.05, 0.1) is 55.5 Å². The molecule has 11 aromatic carbocycles. The Balaban J connectivity index is 0.939. The lowest BCUT2D eigenvalue weighted by Gasteiger charge is -2.14. The molecule has 0 saturated heterocycles. The molecule has 0 radical (unpaired) electrons. The first-order valence-electron chi connectivity index (χ1n) is 24.4. The van der Waals surface area contributed by atoms with Gasteiger partial charge in [-0.15, -0.1) is 0 Å². The van der Waals surface area contributed by atoms with Crippen LogP contribution in [0.4, 0.5) is 0 Å². The molecular formula is C66H40N4O. The molecule has 0 saturated carbocycles. The Labute approximate surface area is 406 Å². The lowest BCUT2D eigenvalue weighted by Crippen LogP contribution is -1.98. The van der Waals surface area contributed by atoms with Crippen LogP contribution in [0, 0.1) is 0 Å². The monoisotopic (exact) mass is 904 g/mol. The molecule has 0 bridgehead atoms. The molecule has 5 aromatic heterocycles. The predicted octanol–water partition coefficient (Wildman–Crippen LogP) is 17.6. The van der Waals surface area contributed by atoms with E-state index in [2.05, 4.69) is 261 Å². The van der Waals surface area contributed by atoms with Crippen LogP contribution < -0.4 is 0 Å². The molecule has 0 unspecified atom stereocenters. The summed E-state index contributed by atoms with van der Waals surface area (Å²) >= 11 is 0. The number of para-hydroxylation sites is 8. The normalized spacial score (nSPS) is 12.2. The van der Waals surface area contributed by atoms with Crippen molar-refractivity contribution in [2.45, 2.75) is 0 Å². The molecule has 0 aliphatic rings. The highest BCUT2D eigenvalue weighted by Gasteiger charge is 2.25. The molecule has 16 aromatic rings. The maximum atomic E-state index is 7.15. The van der Waals surface area contributed by atoms with Crippen LogP contribution in [-0.2, 0) is 0 Å². The molecule has 71 heavy (non-hydrogen) atoms. The molecular weight excluding hydrogens is 865 g/mol. The van der Waals surface area contributed by atoms with Crippen molar-refractivity contribution < 1.29 is 4.42 Å². The number of furan rings is 1. The van der Waals surface area contributed by atoms with E-state index < -0.39 is 0 Å². The number of benzene rings is 11. The summed E-state index contributed by atoms with van der Waals surface area (Å²) in [6, 6.07) is 88.3. The molecule has 0 atom stereocenters. The number of nitrogens with zero attached hydrogens (tertiary/aromatic N) is 4. The Morgan fingerprint density at radius 2 is 0.732 bits per heavy atom. The van der Waals surface area contributed by atoms with Crippen LogP contribution in [0.1, 0.15) is 0 Å². The van der Waals surface area contributed by atoms with Crippen molar-refractivity contribution >= 4 is 109 Å². The van der Waals surface area contributed by atoms with E-state index in [0.29, 0.717) is 0 Å². The van der Waals surface area contributed by atoms with E-state index in [9.17, 15) is 0 Å². The van der Waals surface area contributed by atoms with Crippen molar-refractivity contribution in [2.24, 2.45) is 0 Å². The molecule has 0 spiro atoms. The second-order valence-corrected chi connectivity index (χ2v) is 18.8. The molecule has 330 valence electrons. The van der Waals surface area contributed by atoms with Gasteiger partial charge in [-0.05, 0) is 90.5 Å². The van der Waals surface area contributed by atoms with Crippen LogP contribution in [0.3, 0.4) is 0 Å². The van der Waals surface area contributed by atoms with Gasteiger partial charge in [0.15, 0.2) is 5.58 Å². The fourth-order valence-corrected chi connectivity index (χ4v) is 12.3. The third-order valence-corrected chi connectivity index (χ3v) is 15.2. The molecule has 0 aliphatic heterocycles. The SMILES string of the molecule is c1ccc(-n2c3ccccc3c3c(-n4c5ccccc5c5cccc(-c6cccc7oc8c(-n9c%10ccccc%10c%10cc(-n%11c%12ccccc%12c%12ccccc%12%11)ccc%109)cccc8c67)c54)cccc32)cc1. The molecule has 0 amide bonds. The van der Waals surface area contributed by atoms with Gasteiger partial charge in [0.25, 0.3) is 0 Å². The topological polar surface area (TPSA) is 32.9 Å². The molecule has 5 heteroatoms. The molecule has 5 nitrogen and oxygen atoms in total. The van der Waals surface area contributed by atoms with Crippen LogP contribution in [0.25, 0.3) is 143 Å². The highest BCUT2D eigenvalue weighted by molar-refractivity contribution is 6.22. The number of hydrogen-bond donors (Lipinski definition) is 0. The van der Waals surface area contributed by atoms with E-state index >= 15 is 0 Å². The van der Waals surface area contributed by atoms with E-state index in [1.54, 1.807) is 0 Å². The van der Waals surface area contributed by atoms with Gasteiger partial charge in [-0.1, -0.05) is 158 Å². The molecule has 16 rings (SSSR count). The first-order chi connectivity index (χ1) is 35.3. The van der Waals surface area contributed by atoms with Gasteiger partial charge < -0.3 is 22.7 Å². The minimum atomic E-state index is 0.854. The Hall–Kier alpha value is -9.58. The van der Waals surface area contributed by atoms with Crippen LogP contribution in [0.15, 0.2) is 247 Å². The number of rotatable bonds is 5. The smallest absolute Gasteiger partial charge is 0.159 e. The van der Waals surface area contributed by atoms with E-state index in [0.717, 1.165) is 77.9 Å². The molecule has 0 fully saturated rings. The Morgan fingerprint density at radius 3 is 1.46 bits per heavy atom. The summed E-state index contributed by atoms with van der Waals surface area (Å²) in [4.78, 5) is 0. The van der Waals surface area contributed by atoms with Crippen molar-refractivity contribution in [3.8, 4) is 33.9 Å². The van der Waals surface area contributed by atoms with Crippen molar-refractivity contribution in [1.82, 2.24) is 18.3 Å². The van der Waals surface area contributed by atoms with Crippen LogP contribution in [0.5, 0.6) is 0 Å². The minimum absolute atomic E-state index is 0.854. The van der Waals surface area contributed by atoms with E-state index in [1.165, 1.54) is 65.2 Å². The first kappa shape index (κ1) is 38.4. The zero-order valence-electron chi connectivity index (χ0n) is 38.3. The quantitative estimate of drug-likeness (QED) is 0.169. The standard InChI is InChI=1S/C66H40N4O/c1-2-18-41(19-3-1)67-57-33-13-8-24-50(57)64-59(67)34-17-35-60(64)70-56-32-12-6-22-45(56)48-26-14-27-49(65(48)70)47-25-16-37-62-63(47)51-28-15-36-61(66(51)71-62)69-55-31-11-7-23-46(55)52-40-42(38-39-58(52)69)68-53-29-9-4-20-43(53)44-21-5-10-30-54(44)68/h1-40H. The highest BCUT2D eigenvalue weighted by Crippen LogP contribution is 2.47. The average molecular weight is 905 g/mol. The summed E-state index contributed by atoms with van der Waals surface area (Å²) in [6.07, 6.45) is 0. The van der Waals surface area contributed by atoms with Crippen molar-refractivity contribution in [2.75, 3.05) is 0 Å². The van der Waals surface area contributed by atoms with Gasteiger partial charge in [-0.2, -0.15) is 0 Å². The van der Waals surface area contributed by atoms with Gasteiger partial charge in [-0.25, -0.2) is 0 Å². The van der Waals surface area contributed by atoms with Crippen LogP contribution in [0.2, 0.25) is 0 Å². The van der Waals surface area contributed by atoms with Crippen molar-refractivity contribution in [1.29, 1.82) is 0 Å². The summed E-state index contributed by atoms with van der Waals surface area (Å²) in [5.41, 5.74) is 17.7. The third kappa shape index (κ3) is 5.24. The minimum Gasteiger partial charge on any atom is -0.454 e. The maximum Gasteiger partial charge on any atom is 0.159 e. The Morgan fingerprint density at radius 1 is 0.254 bits per heavy atom. The highest BCUT2D eigenvalue weighted by atomic mass is 16.3. The average Bonchev–Trinajstić information content (AvgIpc) is 4.24. The lowest BCUT2D eigenvalue weighted by atomic mass is 9.97. The fourth-order valence-electron chi connectivity index (χ4n) is 12.3. The summed E-state index contributed by atoms with van der Waals surface area (Å²) in [7, 11) is 0. The number of aromatic nitrogens is 4. The van der Waals surface area contributed by atoms with Gasteiger partial charge in [0.1, 0.15) is 5.58 Å². The zero-order chi connectivity index (χ0) is 46.3. The summed E-state index contributed by atoms with van der Waals surface area (Å²) < 4.78 is 16.9. The first-order valence-corrected chi connectivity index (χ1v) is 24.4. The molecule has 0 aliphatic carbocycles. The summed E-state index contributed by atoms with van der Waals surface area (Å²) in [5.74, 6) is 0. The molecule has 0 N–H and O–H groups in total. The Kier molecular flexibility index (Phi) is 7.82. The second-order valence-electron chi connectivity index (χ2n) is 18.8. The summed E-state index contributed by atoms with van der Waals surface area (Å²) in [6.45, 7) is 0. The van der Waals surface area contributed by atoms with Gasteiger partial charge >= 0.3 is 0 Å². The van der Waals surface area contributed by atoms with E-state index in [-0.39, 0.29) is 0 Å². The summed E-state index contributed by atoms with van der Waals surface area (Å²) in [5, 5.41) is 11.9. The predicted molar refractivity (Wildman–Crippen MR) is 297 cm³/mol. The van der Waals surface area contributed by atoms with Crippen LogP contribution in [-0.4, -0.2) is 18.3 Å². The zero-order valence-corrected chi connectivity index (χ0v) is 38.3. The van der Waals surface area contributed by atoms with Gasteiger partial charge in [0, 0.05) is 70.8 Å². The van der Waals surface area contributed by atoms with E-state index in [4.69, 9.17) is 4.42 Å². The fraction of sp³-hybridized carbons (Fsp3) is 0.